The molecule has 18 heavy (non-hydrogen) atoms. The molecule has 0 aliphatic rings. The highest BCUT2D eigenvalue weighted by molar-refractivity contribution is 9.10. The Morgan fingerprint density at radius 3 is 2.83 bits per heavy atom. The van der Waals surface area contributed by atoms with Crippen LogP contribution in [-0.4, -0.2) is 4.98 Å². The van der Waals surface area contributed by atoms with Crippen LogP contribution in [0.3, 0.4) is 0 Å². The number of pyridine rings is 1. The molecule has 2 rings (SSSR count). The van der Waals surface area contributed by atoms with Crippen molar-refractivity contribution < 1.29 is 0 Å². The second-order valence-electron chi connectivity index (χ2n) is 3.99. The molecule has 94 valence electrons. The molecule has 1 aromatic heterocycles. The zero-order chi connectivity index (χ0) is 13.0. The van der Waals surface area contributed by atoms with E-state index in [0.29, 0.717) is 5.02 Å². The summed E-state index contributed by atoms with van der Waals surface area (Å²) in [4.78, 5) is 4.10. The number of benzene rings is 1. The topological polar surface area (TPSA) is 50.9 Å². The van der Waals surface area contributed by atoms with Crippen molar-refractivity contribution in [3.05, 3.63) is 63.3 Å². The number of nitrogens with zero attached hydrogens (tertiary/aromatic N) is 1. The number of rotatable bonds is 4. The molecule has 0 aliphatic heterocycles. The normalized spacial score (nSPS) is 12.4. The van der Waals surface area contributed by atoms with Crippen LogP contribution in [0.1, 0.15) is 17.2 Å². The van der Waals surface area contributed by atoms with E-state index < -0.39 is 0 Å². The van der Waals surface area contributed by atoms with Gasteiger partial charge in [0.05, 0.1) is 6.04 Å². The van der Waals surface area contributed by atoms with Gasteiger partial charge in [-0.15, -0.1) is 0 Å². The van der Waals surface area contributed by atoms with Crippen LogP contribution >= 0.6 is 27.5 Å². The predicted octanol–water partition coefficient (Wildman–Crippen LogP) is 3.24. The van der Waals surface area contributed by atoms with Crippen LogP contribution < -0.4 is 11.3 Å². The van der Waals surface area contributed by atoms with Gasteiger partial charge in [-0.3, -0.25) is 16.3 Å². The molecule has 3 nitrogen and oxygen atoms in total. The van der Waals surface area contributed by atoms with Crippen molar-refractivity contribution in [2.45, 2.75) is 12.5 Å². The number of hydrogen-bond donors (Lipinski definition) is 2. The Balaban J connectivity index is 2.23. The summed E-state index contributed by atoms with van der Waals surface area (Å²) in [5.74, 6) is 5.62. The predicted molar refractivity (Wildman–Crippen MR) is 77.2 cm³/mol. The van der Waals surface area contributed by atoms with Crippen LogP contribution in [0.4, 0.5) is 0 Å². The quantitative estimate of drug-likeness (QED) is 0.670. The smallest absolute Gasteiger partial charge is 0.0501 e. The van der Waals surface area contributed by atoms with E-state index in [1.165, 1.54) is 0 Å². The lowest BCUT2D eigenvalue weighted by molar-refractivity contribution is 0.551. The fourth-order valence-corrected chi connectivity index (χ4v) is 2.69. The van der Waals surface area contributed by atoms with Gasteiger partial charge in [-0.1, -0.05) is 33.6 Å². The first-order valence-corrected chi connectivity index (χ1v) is 6.67. The summed E-state index contributed by atoms with van der Waals surface area (Å²) >= 11 is 9.47. The summed E-state index contributed by atoms with van der Waals surface area (Å²) < 4.78 is 0.941. The third kappa shape index (κ3) is 3.53. The largest absolute Gasteiger partial charge is 0.271 e. The average molecular weight is 327 g/mol. The lowest BCUT2D eigenvalue weighted by Crippen LogP contribution is -2.29. The number of aromatic nitrogens is 1. The zero-order valence-corrected chi connectivity index (χ0v) is 11.9. The van der Waals surface area contributed by atoms with Gasteiger partial charge in [0, 0.05) is 21.9 Å². The van der Waals surface area contributed by atoms with Crippen molar-refractivity contribution in [1.82, 2.24) is 10.4 Å². The SMILES string of the molecule is NNC(Cc1cccnc1)c1cc(Cl)cc(Br)c1. The molecule has 3 N–H and O–H groups in total. The van der Waals surface area contributed by atoms with Crippen molar-refractivity contribution in [3.8, 4) is 0 Å². The molecule has 0 radical (unpaired) electrons. The highest BCUT2D eigenvalue weighted by atomic mass is 79.9. The first kappa shape index (κ1) is 13.5. The molecule has 0 aliphatic carbocycles. The standard InChI is InChI=1S/C13H13BrClN3/c14-11-5-10(6-12(15)7-11)13(18-16)4-9-2-1-3-17-8-9/h1-3,5-8,13,18H,4,16H2. The van der Waals surface area contributed by atoms with Crippen molar-refractivity contribution in [2.75, 3.05) is 0 Å². The Kier molecular flexibility index (Phi) is 4.72. The van der Waals surface area contributed by atoms with E-state index in [2.05, 4.69) is 26.3 Å². The van der Waals surface area contributed by atoms with E-state index in [4.69, 9.17) is 17.4 Å². The molecule has 1 unspecified atom stereocenters. The number of nitrogens with one attached hydrogen (secondary N) is 1. The van der Waals surface area contributed by atoms with E-state index in [-0.39, 0.29) is 6.04 Å². The minimum atomic E-state index is 0.00389. The molecular formula is C13H13BrClN3. The van der Waals surface area contributed by atoms with Crippen LogP contribution in [-0.2, 0) is 6.42 Å². The maximum absolute atomic E-state index is 6.04. The fourth-order valence-electron chi connectivity index (χ4n) is 1.80. The molecule has 0 spiro atoms. The van der Waals surface area contributed by atoms with Crippen LogP contribution in [0.15, 0.2) is 47.2 Å². The van der Waals surface area contributed by atoms with Crippen molar-refractivity contribution >= 4 is 27.5 Å². The van der Waals surface area contributed by atoms with Crippen molar-refractivity contribution in [3.63, 3.8) is 0 Å². The van der Waals surface area contributed by atoms with Crippen LogP contribution in [0.5, 0.6) is 0 Å². The Labute approximate surface area is 119 Å². The minimum Gasteiger partial charge on any atom is -0.271 e. The third-order valence-corrected chi connectivity index (χ3v) is 3.33. The van der Waals surface area contributed by atoms with Gasteiger partial charge in [-0.2, -0.15) is 0 Å². The van der Waals surface area contributed by atoms with E-state index in [0.717, 1.165) is 22.0 Å². The molecule has 1 atom stereocenters. The third-order valence-electron chi connectivity index (χ3n) is 2.65. The molecule has 0 saturated carbocycles. The van der Waals surface area contributed by atoms with E-state index in [1.54, 1.807) is 6.20 Å². The Morgan fingerprint density at radius 1 is 1.39 bits per heavy atom. The van der Waals surface area contributed by atoms with E-state index in [1.807, 2.05) is 36.5 Å². The van der Waals surface area contributed by atoms with Crippen LogP contribution in [0.25, 0.3) is 0 Å². The Hall–Kier alpha value is -0.940. The van der Waals surface area contributed by atoms with Crippen molar-refractivity contribution in [2.24, 2.45) is 5.84 Å². The van der Waals surface area contributed by atoms with Crippen LogP contribution in [0.2, 0.25) is 5.02 Å². The molecule has 0 bridgehead atoms. The van der Waals surface area contributed by atoms with Gasteiger partial charge in [-0.05, 0) is 41.8 Å². The summed E-state index contributed by atoms with van der Waals surface area (Å²) in [5, 5.41) is 0.686. The molecular weight excluding hydrogens is 314 g/mol. The second kappa shape index (κ2) is 6.29. The Morgan fingerprint density at radius 2 is 2.22 bits per heavy atom. The van der Waals surface area contributed by atoms with Crippen LogP contribution in [0, 0.1) is 0 Å². The summed E-state index contributed by atoms with van der Waals surface area (Å²) in [6.07, 6.45) is 4.35. The highest BCUT2D eigenvalue weighted by Crippen LogP contribution is 2.25. The fraction of sp³-hybridized carbons (Fsp3) is 0.154. The summed E-state index contributed by atoms with van der Waals surface area (Å²) in [5.41, 5.74) is 4.98. The van der Waals surface area contributed by atoms with E-state index in [9.17, 15) is 0 Å². The molecule has 2 aromatic rings. The van der Waals surface area contributed by atoms with Gasteiger partial charge in [0.1, 0.15) is 0 Å². The minimum absolute atomic E-state index is 0.00389. The maximum atomic E-state index is 6.04. The molecule has 0 amide bonds. The molecule has 1 aromatic carbocycles. The summed E-state index contributed by atoms with van der Waals surface area (Å²) in [6, 6.07) is 9.71. The average Bonchev–Trinajstić information content (AvgIpc) is 2.36. The van der Waals surface area contributed by atoms with Gasteiger partial charge < -0.3 is 0 Å². The lowest BCUT2D eigenvalue weighted by Gasteiger charge is -2.17. The molecule has 5 heteroatoms. The number of hydrazine groups is 1. The second-order valence-corrected chi connectivity index (χ2v) is 5.34. The summed E-state index contributed by atoms with van der Waals surface area (Å²) in [7, 11) is 0. The maximum Gasteiger partial charge on any atom is 0.0501 e. The van der Waals surface area contributed by atoms with Gasteiger partial charge in [-0.25, -0.2) is 0 Å². The van der Waals surface area contributed by atoms with Gasteiger partial charge in [0.15, 0.2) is 0 Å². The zero-order valence-electron chi connectivity index (χ0n) is 9.61. The lowest BCUT2D eigenvalue weighted by atomic mass is 10.0. The number of halogens is 2. The Bertz CT molecular complexity index is 499. The highest BCUT2D eigenvalue weighted by Gasteiger charge is 2.12. The number of nitrogens with two attached hydrogens (primary N) is 1. The van der Waals surface area contributed by atoms with Gasteiger partial charge in [0.25, 0.3) is 0 Å². The monoisotopic (exact) mass is 325 g/mol. The van der Waals surface area contributed by atoms with Gasteiger partial charge >= 0.3 is 0 Å². The molecule has 0 fully saturated rings. The summed E-state index contributed by atoms with van der Waals surface area (Å²) in [6.45, 7) is 0. The molecule has 1 heterocycles. The first-order chi connectivity index (χ1) is 8.69. The molecule has 0 saturated heterocycles. The first-order valence-electron chi connectivity index (χ1n) is 5.50. The number of hydrogen-bond acceptors (Lipinski definition) is 3. The van der Waals surface area contributed by atoms with E-state index >= 15 is 0 Å². The van der Waals surface area contributed by atoms with Crippen molar-refractivity contribution in [1.29, 1.82) is 0 Å². The van der Waals surface area contributed by atoms with Gasteiger partial charge in [0.2, 0.25) is 0 Å².